The van der Waals surface area contributed by atoms with Crippen LogP contribution in [0.2, 0.25) is 0 Å². The molecule has 0 fully saturated rings. The summed E-state index contributed by atoms with van der Waals surface area (Å²) in [6.45, 7) is 3.73. The maximum Gasteiger partial charge on any atom is 0.406 e. The first-order chi connectivity index (χ1) is 11.1. The first-order valence-corrected chi connectivity index (χ1v) is 7.42. The Bertz CT molecular complexity index is 798. The number of alkyl halides is 3. The number of carbonyl (C=O) groups is 1. The zero-order valence-corrected chi connectivity index (χ0v) is 13.5. The molecule has 2 aromatic rings. The Balaban J connectivity index is 2.09. The monoisotopic (exact) mass is 335 g/mol. The summed E-state index contributed by atoms with van der Waals surface area (Å²) in [7, 11) is 0. The fraction of sp³-hybridized carbons (Fsp3) is 0.353. The lowest BCUT2D eigenvalue weighted by Crippen LogP contribution is -2.41. The number of rotatable bonds is 2. The molecule has 0 atom stereocenters. The minimum atomic E-state index is -4.46. The molecule has 0 radical (unpaired) electrons. The summed E-state index contributed by atoms with van der Waals surface area (Å²) in [5.41, 5.74) is 1.26. The van der Waals surface area contributed by atoms with Crippen LogP contribution in [0.25, 0.3) is 11.1 Å². The van der Waals surface area contributed by atoms with Crippen molar-refractivity contribution in [2.45, 2.75) is 32.4 Å². The summed E-state index contributed by atoms with van der Waals surface area (Å²) >= 11 is 0. The van der Waals surface area contributed by atoms with Crippen LogP contribution in [0, 0.1) is 6.92 Å². The lowest BCUT2D eigenvalue weighted by atomic mass is 9.85. The molecular formula is C17H16F3N3O. The summed E-state index contributed by atoms with van der Waals surface area (Å²) < 4.78 is 38.6. The lowest BCUT2D eigenvalue weighted by Gasteiger charge is -2.21. The van der Waals surface area contributed by atoms with Gasteiger partial charge in [0.1, 0.15) is 12.4 Å². The predicted molar refractivity (Wildman–Crippen MR) is 83.6 cm³/mol. The summed E-state index contributed by atoms with van der Waals surface area (Å²) in [5.74, 6) is 0.0575. The number of halogens is 3. The fourth-order valence-electron chi connectivity index (χ4n) is 2.90. The van der Waals surface area contributed by atoms with E-state index in [0.29, 0.717) is 28.2 Å². The Labute approximate surface area is 137 Å². The molecule has 3 rings (SSSR count). The van der Waals surface area contributed by atoms with Gasteiger partial charge in [-0.05, 0) is 38.0 Å². The van der Waals surface area contributed by atoms with Crippen molar-refractivity contribution in [3.63, 3.8) is 0 Å². The van der Waals surface area contributed by atoms with Crippen molar-refractivity contribution < 1.29 is 18.0 Å². The number of aromatic nitrogens is 2. The number of fused-ring (bicyclic) bond motifs is 1. The Morgan fingerprint density at radius 1 is 1.12 bits per heavy atom. The number of aryl methyl sites for hydroxylation is 1. The second-order valence-electron chi connectivity index (χ2n) is 6.38. The van der Waals surface area contributed by atoms with Gasteiger partial charge in [0, 0.05) is 23.6 Å². The van der Waals surface area contributed by atoms with Crippen LogP contribution in [-0.2, 0) is 10.2 Å². The SMILES string of the molecule is Cc1ncc(-c2ccc3c(c2)N(CC(F)(F)F)C(=O)C3(C)C)cn1. The molecule has 0 saturated heterocycles. The molecule has 1 amide bonds. The Hall–Kier alpha value is -2.44. The van der Waals surface area contributed by atoms with Gasteiger partial charge in [-0.2, -0.15) is 13.2 Å². The first kappa shape index (κ1) is 16.4. The topological polar surface area (TPSA) is 46.1 Å². The summed E-state index contributed by atoms with van der Waals surface area (Å²) in [4.78, 5) is 21.5. The second kappa shape index (κ2) is 5.29. The number of carbonyl (C=O) groups excluding carboxylic acids is 1. The highest BCUT2D eigenvalue weighted by atomic mass is 19.4. The molecule has 24 heavy (non-hydrogen) atoms. The van der Waals surface area contributed by atoms with Crippen molar-refractivity contribution in [1.29, 1.82) is 0 Å². The van der Waals surface area contributed by atoms with Crippen molar-refractivity contribution in [2.75, 3.05) is 11.4 Å². The van der Waals surface area contributed by atoms with Crippen LogP contribution in [0.15, 0.2) is 30.6 Å². The largest absolute Gasteiger partial charge is 0.406 e. The van der Waals surface area contributed by atoms with Crippen LogP contribution in [0.5, 0.6) is 0 Å². The van der Waals surface area contributed by atoms with Gasteiger partial charge in [0.05, 0.1) is 5.41 Å². The minimum Gasteiger partial charge on any atom is -0.302 e. The number of hydrogen-bond acceptors (Lipinski definition) is 3. The van der Waals surface area contributed by atoms with E-state index >= 15 is 0 Å². The standard InChI is InChI=1S/C17H16F3N3O/c1-10-21-7-12(8-22-10)11-4-5-13-14(6-11)23(9-17(18,19)20)15(24)16(13,2)3/h4-8H,9H2,1-3H3. The zero-order valence-electron chi connectivity index (χ0n) is 13.5. The molecule has 0 spiro atoms. The van der Waals surface area contributed by atoms with E-state index in [1.54, 1.807) is 51.4 Å². The Morgan fingerprint density at radius 2 is 1.75 bits per heavy atom. The van der Waals surface area contributed by atoms with Crippen LogP contribution in [0.4, 0.5) is 18.9 Å². The molecule has 126 valence electrons. The highest BCUT2D eigenvalue weighted by Crippen LogP contribution is 2.44. The van der Waals surface area contributed by atoms with Crippen molar-refractivity contribution in [1.82, 2.24) is 9.97 Å². The van der Waals surface area contributed by atoms with E-state index in [4.69, 9.17) is 0 Å². The third kappa shape index (κ3) is 2.74. The van der Waals surface area contributed by atoms with E-state index < -0.39 is 24.0 Å². The van der Waals surface area contributed by atoms with E-state index in [-0.39, 0.29) is 0 Å². The molecule has 0 aliphatic carbocycles. The molecule has 1 aromatic heterocycles. The smallest absolute Gasteiger partial charge is 0.302 e. The van der Waals surface area contributed by atoms with E-state index in [1.807, 2.05) is 0 Å². The quantitative estimate of drug-likeness (QED) is 0.842. The van der Waals surface area contributed by atoms with Crippen molar-refractivity contribution in [2.24, 2.45) is 0 Å². The molecule has 1 aromatic carbocycles. The average Bonchev–Trinajstić information content (AvgIpc) is 2.67. The lowest BCUT2D eigenvalue weighted by molar-refractivity contribution is -0.134. The van der Waals surface area contributed by atoms with Gasteiger partial charge in [0.15, 0.2) is 0 Å². The maximum atomic E-state index is 12.9. The van der Waals surface area contributed by atoms with E-state index in [0.717, 1.165) is 4.90 Å². The fourth-order valence-corrected chi connectivity index (χ4v) is 2.90. The van der Waals surface area contributed by atoms with Crippen molar-refractivity contribution >= 4 is 11.6 Å². The second-order valence-corrected chi connectivity index (χ2v) is 6.38. The van der Waals surface area contributed by atoms with Gasteiger partial charge >= 0.3 is 6.18 Å². The third-order valence-electron chi connectivity index (χ3n) is 4.19. The molecule has 7 heteroatoms. The number of amides is 1. The van der Waals surface area contributed by atoms with Gasteiger partial charge in [-0.3, -0.25) is 4.79 Å². The number of hydrogen-bond donors (Lipinski definition) is 0. The van der Waals surface area contributed by atoms with Crippen molar-refractivity contribution in [3.8, 4) is 11.1 Å². The van der Waals surface area contributed by atoms with Crippen molar-refractivity contribution in [3.05, 3.63) is 42.0 Å². The van der Waals surface area contributed by atoms with Gasteiger partial charge in [-0.1, -0.05) is 12.1 Å². The molecule has 4 nitrogen and oxygen atoms in total. The number of anilines is 1. The minimum absolute atomic E-state index is 0.292. The molecule has 1 aliphatic heterocycles. The average molecular weight is 335 g/mol. The molecule has 0 N–H and O–H groups in total. The van der Waals surface area contributed by atoms with Crippen LogP contribution >= 0.6 is 0 Å². The molecule has 0 unspecified atom stereocenters. The first-order valence-electron chi connectivity index (χ1n) is 7.42. The van der Waals surface area contributed by atoms with E-state index in [9.17, 15) is 18.0 Å². The Kier molecular flexibility index (Phi) is 3.62. The summed E-state index contributed by atoms with van der Waals surface area (Å²) in [5, 5.41) is 0. The van der Waals surface area contributed by atoms with E-state index in [2.05, 4.69) is 9.97 Å². The van der Waals surface area contributed by atoms with Crippen LogP contribution < -0.4 is 4.90 Å². The van der Waals surface area contributed by atoms with Gasteiger partial charge < -0.3 is 4.90 Å². The van der Waals surface area contributed by atoms with Crippen LogP contribution in [0.1, 0.15) is 25.2 Å². The zero-order chi connectivity index (χ0) is 17.7. The highest BCUT2D eigenvalue weighted by Gasteiger charge is 2.47. The van der Waals surface area contributed by atoms with Gasteiger partial charge in [-0.25, -0.2) is 9.97 Å². The predicted octanol–water partition coefficient (Wildman–Crippen LogP) is 3.64. The highest BCUT2D eigenvalue weighted by molar-refractivity contribution is 6.08. The van der Waals surface area contributed by atoms with Crippen LogP contribution in [-0.4, -0.2) is 28.6 Å². The molecular weight excluding hydrogens is 319 g/mol. The number of benzene rings is 1. The van der Waals surface area contributed by atoms with E-state index in [1.165, 1.54) is 0 Å². The van der Waals surface area contributed by atoms with Gasteiger partial charge in [0.25, 0.3) is 0 Å². The third-order valence-corrected chi connectivity index (χ3v) is 4.19. The summed E-state index contributed by atoms with van der Waals surface area (Å²) in [6, 6.07) is 5.08. The number of nitrogens with zero attached hydrogens (tertiary/aromatic N) is 3. The molecule has 0 bridgehead atoms. The molecule has 2 heterocycles. The van der Waals surface area contributed by atoms with Crippen LogP contribution in [0.3, 0.4) is 0 Å². The molecule has 1 aliphatic rings. The van der Waals surface area contributed by atoms with Gasteiger partial charge in [-0.15, -0.1) is 0 Å². The molecule has 0 saturated carbocycles. The normalized spacial score (nSPS) is 16.4. The maximum absolute atomic E-state index is 12.9. The Morgan fingerprint density at radius 3 is 2.33 bits per heavy atom. The van der Waals surface area contributed by atoms with Gasteiger partial charge in [0.2, 0.25) is 5.91 Å². The summed E-state index contributed by atoms with van der Waals surface area (Å²) in [6.07, 6.45) is -1.24.